The summed E-state index contributed by atoms with van der Waals surface area (Å²) in [5, 5.41) is 18.6. The summed E-state index contributed by atoms with van der Waals surface area (Å²) in [6.07, 6.45) is 2.74. The van der Waals surface area contributed by atoms with Crippen molar-refractivity contribution in [2.75, 3.05) is 32.6 Å². The van der Waals surface area contributed by atoms with Crippen LogP contribution in [0.3, 0.4) is 0 Å². The molecule has 0 radical (unpaired) electrons. The number of nitrogens with one attached hydrogen (secondary N) is 2. The number of thioether (sulfide) groups is 1. The zero-order valence-corrected chi connectivity index (χ0v) is 13.1. The van der Waals surface area contributed by atoms with Gasteiger partial charge in [0.1, 0.15) is 0 Å². The number of amides is 1. The minimum absolute atomic E-state index is 0.116. The number of tetrazole rings is 1. The highest BCUT2D eigenvalue weighted by molar-refractivity contribution is 7.99. The van der Waals surface area contributed by atoms with Crippen molar-refractivity contribution in [2.45, 2.75) is 37.0 Å². The molecule has 9 heteroatoms. The van der Waals surface area contributed by atoms with Crippen molar-refractivity contribution in [1.82, 2.24) is 30.8 Å². The van der Waals surface area contributed by atoms with Crippen molar-refractivity contribution in [3.63, 3.8) is 0 Å². The van der Waals surface area contributed by atoms with Crippen LogP contribution in [-0.2, 0) is 16.1 Å². The Balaban J connectivity index is 1.61. The molecule has 0 saturated heterocycles. The first-order chi connectivity index (χ1) is 10.3. The predicted octanol–water partition coefficient (Wildman–Crippen LogP) is -0.330. The second-order valence-electron chi connectivity index (χ2n) is 4.87. The molecule has 1 aliphatic rings. The second kappa shape index (κ2) is 8.96. The monoisotopic (exact) mass is 314 g/mol. The van der Waals surface area contributed by atoms with Gasteiger partial charge in [-0.15, -0.1) is 5.10 Å². The van der Waals surface area contributed by atoms with E-state index in [9.17, 15) is 4.79 Å². The zero-order chi connectivity index (χ0) is 14.9. The smallest absolute Gasteiger partial charge is 0.221 e. The maximum Gasteiger partial charge on any atom is 0.221 e. The molecule has 1 aliphatic carbocycles. The van der Waals surface area contributed by atoms with Gasteiger partial charge in [0.25, 0.3) is 0 Å². The van der Waals surface area contributed by atoms with Crippen molar-refractivity contribution < 1.29 is 9.53 Å². The van der Waals surface area contributed by atoms with Gasteiger partial charge in [0.15, 0.2) is 0 Å². The molecule has 1 saturated carbocycles. The molecule has 0 aromatic carbocycles. The van der Waals surface area contributed by atoms with Crippen molar-refractivity contribution in [1.29, 1.82) is 0 Å². The number of carbonyl (C=O) groups excluding carboxylic acids is 1. The molecule has 1 heterocycles. The van der Waals surface area contributed by atoms with E-state index in [1.165, 1.54) is 11.8 Å². The maximum absolute atomic E-state index is 11.6. The number of ether oxygens (including phenoxy) is 1. The molecule has 0 spiro atoms. The van der Waals surface area contributed by atoms with Crippen LogP contribution in [0.1, 0.15) is 19.3 Å². The average molecular weight is 314 g/mol. The van der Waals surface area contributed by atoms with Crippen LogP contribution in [0.2, 0.25) is 0 Å². The highest BCUT2D eigenvalue weighted by atomic mass is 32.2. The van der Waals surface area contributed by atoms with Gasteiger partial charge in [-0.25, -0.2) is 4.68 Å². The minimum atomic E-state index is 0.116. The Morgan fingerprint density at radius 1 is 1.48 bits per heavy atom. The van der Waals surface area contributed by atoms with Gasteiger partial charge in [0, 0.05) is 38.4 Å². The Hall–Kier alpha value is -1.19. The third kappa shape index (κ3) is 6.40. The molecule has 0 atom stereocenters. The summed E-state index contributed by atoms with van der Waals surface area (Å²) in [6, 6.07) is 0.422. The van der Waals surface area contributed by atoms with Crippen LogP contribution in [0.15, 0.2) is 5.16 Å². The molecule has 1 fully saturated rings. The molecule has 0 unspecified atom stereocenters. The molecular weight excluding hydrogens is 292 g/mol. The highest BCUT2D eigenvalue weighted by Crippen LogP contribution is 2.19. The molecule has 21 heavy (non-hydrogen) atoms. The fourth-order valence-electron chi connectivity index (χ4n) is 1.69. The predicted molar refractivity (Wildman–Crippen MR) is 79.1 cm³/mol. The number of carbonyl (C=O) groups is 1. The van der Waals surface area contributed by atoms with Gasteiger partial charge >= 0.3 is 0 Å². The first-order valence-electron chi connectivity index (χ1n) is 7.17. The van der Waals surface area contributed by atoms with E-state index in [4.69, 9.17) is 4.74 Å². The largest absolute Gasteiger partial charge is 0.383 e. The van der Waals surface area contributed by atoms with Crippen LogP contribution in [0, 0.1) is 0 Å². The van der Waals surface area contributed by atoms with E-state index in [2.05, 4.69) is 26.2 Å². The van der Waals surface area contributed by atoms with Crippen molar-refractivity contribution in [2.24, 2.45) is 0 Å². The van der Waals surface area contributed by atoms with Gasteiger partial charge in [-0.05, 0) is 23.3 Å². The summed E-state index contributed by atoms with van der Waals surface area (Å²) in [5.74, 6) is 0.806. The van der Waals surface area contributed by atoms with Crippen LogP contribution < -0.4 is 10.6 Å². The van der Waals surface area contributed by atoms with Crippen LogP contribution >= 0.6 is 11.8 Å². The number of hydrogen-bond donors (Lipinski definition) is 2. The minimum Gasteiger partial charge on any atom is -0.383 e. The number of hydrogen-bond acceptors (Lipinski definition) is 7. The summed E-state index contributed by atoms with van der Waals surface area (Å²) in [6.45, 7) is 2.98. The first-order valence-corrected chi connectivity index (χ1v) is 8.16. The van der Waals surface area contributed by atoms with E-state index >= 15 is 0 Å². The first kappa shape index (κ1) is 16.2. The van der Waals surface area contributed by atoms with Crippen LogP contribution in [0.25, 0.3) is 0 Å². The fraction of sp³-hybridized carbons (Fsp3) is 0.833. The lowest BCUT2D eigenvalue weighted by molar-refractivity contribution is -0.120. The van der Waals surface area contributed by atoms with Crippen LogP contribution in [-0.4, -0.2) is 64.7 Å². The summed E-state index contributed by atoms with van der Waals surface area (Å²) in [5.41, 5.74) is 0. The summed E-state index contributed by atoms with van der Waals surface area (Å²) in [4.78, 5) is 11.6. The molecular formula is C12H22N6O2S. The lowest BCUT2D eigenvalue weighted by Gasteiger charge is -2.06. The number of nitrogens with zero attached hydrogens (tertiary/aromatic N) is 4. The molecule has 8 nitrogen and oxygen atoms in total. The van der Waals surface area contributed by atoms with E-state index in [-0.39, 0.29) is 5.91 Å². The Labute approximate surface area is 128 Å². The summed E-state index contributed by atoms with van der Waals surface area (Å²) < 4.78 is 6.71. The van der Waals surface area contributed by atoms with Gasteiger partial charge < -0.3 is 15.4 Å². The van der Waals surface area contributed by atoms with Crippen molar-refractivity contribution >= 4 is 17.7 Å². The van der Waals surface area contributed by atoms with E-state index < -0.39 is 0 Å². The standard InChI is InChI=1S/C12H22N6O2S/c1-20-8-6-13-5-7-18-12(15-16-17-18)21-9-4-11(19)14-10-2-3-10/h10,13H,2-9H2,1H3,(H,14,19). The van der Waals surface area contributed by atoms with E-state index in [1.54, 1.807) is 11.8 Å². The number of aromatic nitrogens is 4. The van der Waals surface area contributed by atoms with Crippen molar-refractivity contribution in [3.05, 3.63) is 0 Å². The van der Waals surface area contributed by atoms with E-state index in [1.807, 2.05) is 0 Å². The van der Waals surface area contributed by atoms with Gasteiger partial charge in [-0.3, -0.25) is 4.79 Å². The van der Waals surface area contributed by atoms with E-state index in [0.717, 1.165) is 31.1 Å². The number of methoxy groups -OCH3 is 1. The lowest BCUT2D eigenvalue weighted by Crippen LogP contribution is -2.25. The third-order valence-corrected chi connectivity index (χ3v) is 3.94. The lowest BCUT2D eigenvalue weighted by atomic mass is 10.4. The normalized spacial score (nSPS) is 14.3. The second-order valence-corrected chi connectivity index (χ2v) is 5.93. The number of rotatable bonds is 11. The Kier molecular flexibility index (Phi) is 6.90. The SMILES string of the molecule is COCCNCCn1nnnc1SCCC(=O)NC1CC1. The Morgan fingerprint density at radius 3 is 3.10 bits per heavy atom. The molecule has 1 aromatic heterocycles. The Morgan fingerprint density at radius 2 is 2.33 bits per heavy atom. The molecule has 2 N–H and O–H groups in total. The maximum atomic E-state index is 11.6. The molecule has 0 aliphatic heterocycles. The van der Waals surface area contributed by atoms with E-state index in [0.29, 0.717) is 31.4 Å². The molecule has 118 valence electrons. The zero-order valence-electron chi connectivity index (χ0n) is 12.2. The molecule has 2 rings (SSSR count). The van der Waals surface area contributed by atoms with Gasteiger partial charge in [-0.1, -0.05) is 11.8 Å². The van der Waals surface area contributed by atoms with Gasteiger partial charge in [-0.2, -0.15) is 0 Å². The van der Waals surface area contributed by atoms with Crippen LogP contribution in [0.4, 0.5) is 0 Å². The van der Waals surface area contributed by atoms with Crippen molar-refractivity contribution in [3.8, 4) is 0 Å². The summed E-state index contributed by atoms with van der Waals surface area (Å²) >= 11 is 1.51. The van der Waals surface area contributed by atoms with Crippen LogP contribution in [0.5, 0.6) is 0 Å². The average Bonchev–Trinajstić information content (AvgIpc) is 3.17. The molecule has 1 aromatic rings. The van der Waals surface area contributed by atoms with Gasteiger partial charge in [0.2, 0.25) is 11.1 Å². The quantitative estimate of drug-likeness (QED) is 0.426. The topological polar surface area (TPSA) is 94.0 Å². The highest BCUT2D eigenvalue weighted by Gasteiger charge is 2.22. The molecule has 0 bridgehead atoms. The fourth-order valence-corrected chi connectivity index (χ4v) is 2.53. The molecule has 1 amide bonds. The Bertz CT molecular complexity index is 437. The third-order valence-electron chi connectivity index (χ3n) is 2.99. The summed E-state index contributed by atoms with van der Waals surface area (Å²) in [7, 11) is 1.68. The van der Waals surface area contributed by atoms with Gasteiger partial charge in [0.05, 0.1) is 13.2 Å².